The predicted molar refractivity (Wildman–Crippen MR) is 98.2 cm³/mol. The van der Waals surface area contributed by atoms with Crippen LogP contribution in [-0.4, -0.2) is 74.8 Å². The first-order valence-electron chi connectivity index (χ1n) is 7.22. The summed E-state index contributed by atoms with van der Waals surface area (Å²) in [5.41, 5.74) is 5.32. The summed E-state index contributed by atoms with van der Waals surface area (Å²) in [4.78, 5) is 45.1. The van der Waals surface area contributed by atoms with E-state index in [2.05, 4.69) is 26.6 Å². The van der Waals surface area contributed by atoms with Crippen molar-refractivity contribution in [3.05, 3.63) is 0 Å². The maximum Gasteiger partial charge on any atom is 0.322 e. The molecule has 1 unspecified atom stereocenters. The minimum Gasteiger partial charge on any atom is -0.480 e. The van der Waals surface area contributed by atoms with Crippen molar-refractivity contribution < 1.29 is 29.4 Å². The molecule has 0 radical (unpaired) electrons. The van der Waals surface area contributed by atoms with Gasteiger partial charge in [-0.25, -0.2) is 0 Å². The standard InChI is InChI=1S/C13H21BrClN3O6S/c14-7(3-15)5-25-6-9(12(22)17-4-11(20)21)18-10(19)2-1-8(16)13(23)24/h7-9H,1-6,16H2,(H,17,22)(H,18,19)(H,20,21)(H,23,24)/t7?,8-,9-/m0/s1. The molecule has 0 aliphatic heterocycles. The number of alkyl halides is 2. The van der Waals surface area contributed by atoms with Gasteiger partial charge >= 0.3 is 11.9 Å². The lowest BCUT2D eigenvalue weighted by Crippen LogP contribution is -2.49. The van der Waals surface area contributed by atoms with Crippen molar-refractivity contribution >= 4 is 63.0 Å². The lowest BCUT2D eigenvalue weighted by molar-refractivity contribution is -0.139. The summed E-state index contributed by atoms with van der Waals surface area (Å²) in [6, 6.07) is -2.12. The molecule has 6 N–H and O–H groups in total. The van der Waals surface area contributed by atoms with E-state index in [1.807, 2.05) is 0 Å². The third-order valence-electron chi connectivity index (χ3n) is 2.82. The molecule has 0 saturated heterocycles. The van der Waals surface area contributed by atoms with Crippen LogP contribution < -0.4 is 16.4 Å². The molecule has 0 aromatic rings. The largest absolute Gasteiger partial charge is 0.480 e. The Morgan fingerprint density at radius 2 is 1.84 bits per heavy atom. The van der Waals surface area contributed by atoms with E-state index >= 15 is 0 Å². The zero-order chi connectivity index (χ0) is 19.4. The Labute approximate surface area is 162 Å². The molecule has 0 saturated carbocycles. The van der Waals surface area contributed by atoms with E-state index in [-0.39, 0.29) is 23.4 Å². The normalized spacial score (nSPS) is 14.2. The van der Waals surface area contributed by atoms with Gasteiger partial charge in [0.15, 0.2) is 0 Å². The maximum absolute atomic E-state index is 12.0. The predicted octanol–water partition coefficient (Wildman–Crippen LogP) is -0.400. The number of halogens is 2. The van der Waals surface area contributed by atoms with Crippen LogP contribution in [0.1, 0.15) is 12.8 Å². The Morgan fingerprint density at radius 3 is 2.36 bits per heavy atom. The van der Waals surface area contributed by atoms with Crippen molar-refractivity contribution in [3.63, 3.8) is 0 Å². The minimum atomic E-state index is -1.22. The number of thioether (sulfide) groups is 1. The zero-order valence-electron chi connectivity index (χ0n) is 13.2. The van der Waals surface area contributed by atoms with E-state index < -0.39 is 42.4 Å². The fourth-order valence-corrected chi connectivity index (χ4v) is 3.28. The van der Waals surface area contributed by atoms with E-state index in [1.54, 1.807) is 0 Å². The highest BCUT2D eigenvalue weighted by molar-refractivity contribution is 9.09. The molecule has 0 fully saturated rings. The number of carboxylic acids is 2. The molecule has 0 aromatic carbocycles. The van der Waals surface area contributed by atoms with Crippen molar-refractivity contribution in [2.24, 2.45) is 5.73 Å². The highest BCUT2D eigenvalue weighted by atomic mass is 79.9. The third-order valence-corrected chi connectivity index (χ3v) is 5.84. The van der Waals surface area contributed by atoms with Crippen LogP contribution in [0.2, 0.25) is 0 Å². The fraction of sp³-hybridized carbons (Fsp3) is 0.692. The number of carboxylic acid groups (broad SMARTS) is 2. The number of carbonyl (C=O) groups is 4. The minimum absolute atomic E-state index is 0.0335. The Bertz CT molecular complexity index is 485. The second-order valence-electron chi connectivity index (χ2n) is 5.00. The fourth-order valence-electron chi connectivity index (χ4n) is 1.50. The average Bonchev–Trinajstić information content (AvgIpc) is 2.55. The SMILES string of the molecule is N[C@@H](CCC(=O)N[C@@H](CSCC(Br)CCl)C(=O)NCC(=O)O)C(=O)O. The number of nitrogens with one attached hydrogen (secondary N) is 2. The summed E-state index contributed by atoms with van der Waals surface area (Å²) < 4.78 is 0. The molecule has 0 aliphatic rings. The second kappa shape index (κ2) is 13.2. The highest BCUT2D eigenvalue weighted by Gasteiger charge is 2.22. The van der Waals surface area contributed by atoms with Crippen LogP contribution >= 0.6 is 39.3 Å². The smallest absolute Gasteiger partial charge is 0.322 e. The molecular weight excluding hydrogens is 442 g/mol. The number of rotatable bonds is 13. The quantitative estimate of drug-likeness (QED) is 0.231. The molecule has 0 bridgehead atoms. The van der Waals surface area contributed by atoms with E-state index in [0.29, 0.717) is 11.6 Å². The number of carbonyl (C=O) groups excluding carboxylic acids is 2. The first kappa shape index (κ1) is 24.0. The highest BCUT2D eigenvalue weighted by Crippen LogP contribution is 2.13. The van der Waals surface area contributed by atoms with Gasteiger partial charge in [-0.1, -0.05) is 15.9 Å². The molecule has 0 heterocycles. The maximum atomic E-state index is 12.0. The Hall–Kier alpha value is -1.04. The third kappa shape index (κ3) is 12.0. The average molecular weight is 463 g/mol. The van der Waals surface area contributed by atoms with Crippen LogP contribution in [0.5, 0.6) is 0 Å². The monoisotopic (exact) mass is 461 g/mol. The van der Waals surface area contributed by atoms with Gasteiger partial charge in [-0.05, 0) is 6.42 Å². The van der Waals surface area contributed by atoms with Gasteiger partial charge in [0.1, 0.15) is 18.6 Å². The van der Waals surface area contributed by atoms with Crippen molar-refractivity contribution in [2.75, 3.05) is 23.9 Å². The van der Waals surface area contributed by atoms with Gasteiger partial charge in [-0.15, -0.1) is 11.6 Å². The van der Waals surface area contributed by atoms with E-state index in [9.17, 15) is 19.2 Å². The first-order chi connectivity index (χ1) is 11.7. The Kier molecular flexibility index (Phi) is 12.7. The lowest BCUT2D eigenvalue weighted by Gasteiger charge is -2.18. The molecule has 0 rings (SSSR count). The Morgan fingerprint density at radius 1 is 1.20 bits per heavy atom. The van der Waals surface area contributed by atoms with Gasteiger partial charge in [0.25, 0.3) is 0 Å². The van der Waals surface area contributed by atoms with Gasteiger partial charge in [0.2, 0.25) is 11.8 Å². The summed E-state index contributed by atoms with van der Waals surface area (Å²) in [5.74, 6) is -2.43. The summed E-state index contributed by atoms with van der Waals surface area (Å²) in [5, 5.41) is 22.0. The summed E-state index contributed by atoms with van der Waals surface area (Å²) >= 11 is 10.3. The van der Waals surface area contributed by atoms with Crippen molar-refractivity contribution in [1.29, 1.82) is 0 Å². The molecule has 12 heteroatoms. The molecular formula is C13H21BrClN3O6S. The van der Waals surface area contributed by atoms with Crippen LogP contribution in [0.25, 0.3) is 0 Å². The van der Waals surface area contributed by atoms with Crippen molar-refractivity contribution in [2.45, 2.75) is 29.8 Å². The van der Waals surface area contributed by atoms with E-state index in [4.69, 9.17) is 27.5 Å². The number of hydrogen-bond acceptors (Lipinski definition) is 6. The Balaban J connectivity index is 4.58. The summed E-state index contributed by atoms with van der Waals surface area (Å²) in [6.07, 6.45) is -0.239. The molecule has 0 aromatic heterocycles. The molecule has 9 nitrogen and oxygen atoms in total. The van der Waals surface area contributed by atoms with Crippen molar-refractivity contribution in [3.8, 4) is 0 Å². The van der Waals surface area contributed by atoms with Crippen LogP contribution in [0.15, 0.2) is 0 Å². The molecule has 0 spiro atoms. The number of aliphatic carboxylic acids is 2. The van der Waals surface area contributed by atoms with Gasteiger partial charge in [-0.3, -0.25) is 19.2 Å². The molecule has 3 atom stereocenters. The van der Waals surface area contributed by atoms with Gasteiger partial charge < -0.3 is 26.6 Å². The number of amides is 2. The van der Waals surface area contributed by atoms with E-state index in [0.717, 1.165) is 0 Å². The molecule has 0 aliphatic carbocycles. The number of hydrogen-bond donors (Lipinski definition) is 5. The first-order valence-corrected chi connectivity index (χ1v) is 9.82. The molecule has 144 valence electrons. The molecule has 2 amide bonds. The zero-order valence-corrected chi connectivity index (χ0v) is 16.4. The van der Waals surface area contributed by atoms with Gasteiger partial charge in [0.05, 0.1) is 0 Å². The molecule has 25 heavy (non-hydrogen) atoms. The summed E-state index contributed by atoms with van der Waals surface area (Å²) in [7, 11) is 0. The van der Waals surface area contributed by atoms with E-state index in [1.165, 1.54) is 11.8 Å². The van der Waals surface area contributed by atoms with Crippen LogP contribution in [-0.2, 0) is 19.2 Å². The lowest BCUT2D eigenvalue weighted by atomic mass is 10.1. The summed E-state index contributed by atoms with van der Waals surface area (Å²) in [6.45, 7) is -0.567. The van der Waals surface area contributed by atoms with Gasteiger partial charge in [0, 0.05) is 28.6 Å². The van der Waals surface area contributed by atoms with Crippen LogP contribution in [0.4, 0.5) is 0 Å². The number of nitrogens with two attached hydrogens (primary N) is 1. The second-order valence-corrected chi connectivity index (χ2v) is 7.68. The van der Waals surface area contributed by atoms with Crippen molar-refractivity contribution in [1.82, 2.24) is 10.6 Å². The topological polar surface area (TPSA) is 159 Å². The van der Waals surface area contributed by atoms with Gasteiger partial charge in [-0.2, -0.15) is 11.8 Å². The van der Waals surface area contributed by atoms with Crippen LogP contribution in [0, 0.1) is 0 Å². The van der Waals surface area contributed by atoms with Crippen LogP contribution in [0.3, 0.4) is 0 Å².